The van der Waals surface area contributed by atoms with Crippen molar-refractivity contribution in [2.45, 2.75) is 26.4 Å². The number of H-pyrrole nitrogens is 2. The van der Waals surface area contributed by atoms with Gasteiger partial charge in [0.25, 0.3) is 5.91 Å². The minimum Gasteiger partial charge on any atom is -0.493 e. The molecule has 0 radical (unpaired) electrons. The quantitative estimate of drug-likeness (QED) is 0.223. The highest BCUT2D eigenvalue weighted by Gasteiger charge is 2.28. The van der Waals surface area contributed by atoms with E-state index >= 15 is 0 Å². The molecule has 0 atom stereocenters. The Balaban J connectivity index is 1.33. The maximum Gasteiger partial charge on any atom is 0.410 e. The minimum atomic E-state index is -0.595. The number of nitrogens with zero attached hydrogens (tertiary/aromatic N) is 6. The van der Waals surface area contributed by atoms with E-state index in [1.165, 1.54) is 16.8 Å². The molecule has 2 aromatic carbocycles. The van der Waals surface area contributed by atoms with Crippen LogP contribution in [0.4, 0.5) is 22.0 Å². The number of rotatable bonds is 5. The number of hydrogen-bond acceptors (Lipinski definition) is 9. The first kappa shape index (κ1) is 31.4. The van der Waals surface area contributed by atoms with Crippen molar-refractivity contribution in [1.29, 1.82) is 0 Å². The number of halogens is 1. The molecule has 0 saturated carbocycles. The summed E-state index contributed by atoms with van der Waals surface area (Å²) in [6, 6.07) is 15.8. The first-order valence-corrected chi connectivity index (χ1v) is 15.2. The van der Waals surface area contributed by atoms with Crippen LogP contribution in [0.25, 0.3) is 11.7 Å². The summed E-state index contributed by atoms with van der Waals surface area (Å²) in [4.78, 5) is 55.3. The van der Waals surface area contributed by atoms with Gasteiger partial charge in [-0.2, -0.15) is 9.61 Å². The van der Waals surface area contributed by atoms with Crippen molar-refractivity contribution in [2.75, 3.05) is 31.5 Å². The van der Waals surface area contributed by atoms with Crippen molar-refractivity contribution in [3.05, 3.63) is 98.3 Å². The molecule has 1 fully saturated rings. The molecule has 0 aliphatic carbocycles. The van der Waals surface area contributed by atoms with E-state index in [-0.39, 0.29) is 17.5 Å². The predicted octanol–water partition coefficient (Wildman–Crippen LogP) is 3.32. The van der Waals surface area contributed by atoms with E-state index in [1.54, 1.807) is 58.3 Å². The van der Waals surface area contributed by atoms with Gasteiger partial charge >= 0.3 is 11.8 Å². The lowest BCUT2D eigenvalue weighted by atomic mass is 10.1. The molecule has 47 heavy (non-hydrogen) atoms. The average Bonchev–Trinajstić information content (AvgIpc) is 3.57. The first-order valence-electron chi connectivity index (χ1n) is 14.8. The van der Waals surface area contributed by atoms with Crippen molar-refractivity contribution in [3.8, 4) is 5.88 Å². The predicted molar refractivity (Wildman–Crippen MR) is 175 cm³/mol. The summed E-state index contributed by atoms with van der Waals surface area (Å²) in [7, 11) is 0. The van der Waals surface area contributed by atoms with Crippen LogP contribution in [0, 0.1) is 0 Å². The molecule has 4 N–H and O–H groups in total. The van der Waals surface area contributed by atoms with Crippen molar-refractivity contribution < 1.29 is 19.4 Å². The van der Waals surface area contributed by atoms with Crippen molar-refractivity contribution in [1.82, 2.24) is 34.4 Å². The maximum atomic E-state index is 13.5. The second-order valence-electron chi connectivity index (χ2n) is 11.9. The van der Waals surface area contributed by atoms with Crippen LogP contribution in [0.3, 0.4) is 0 Å². The van der Waals surface area contributed by atoms with Crippen LogP contribution in [-0.2, 0) is 4.74 Å². The summed E-state index contributed by atoms with van der Waals surface area (Å²) < 4.78 is 6.98. The van der Waals surface area contributed by atoms with Crippen LogP contribution >= 0.6 is 11.6 Å². The number of piperazine rings is 1. The van der Waals surface area contributed by atoms with Crippen LogP contribution in [0.1, 0.15) is 36.8 Å². The van der Waals surface area contributed by atoms with E-state index in [4.69, 9.17) is 26.3 Å². The first-order chi connectivity index (χ1) is 22.4. The highest BCUT2D eigenvalue weighted by molar-refractivity contribution is 6.30. The third-order valence-electron chi connectivity index (χ3n) is 7.17. The van der Waals surface area contributed by atoms with Gasteiger partial charge in [-0.25, -0.2) is 19.6 Å². The lowest BCUT2D eigenvalue weighted by Gasteiger charge is -2.35. The second kappa shape index (κ2) is 12.6. The Labute approximate surface area is 273 Å². The standard InChI is InChI=1S/C32H32ClN9O5/c1-32(2,3)47-31(46)41-12-10-40(11-13-41)29(44)19-6-4-8-22(14-19)36-26-17-25(35-23-9-5-7-21(33)16-23)38-27-20(18-34-42(26)27)15-24-28(43)39-30(45)37-24/h4-9,14-18,35,43H,10-13H2,1-3H3,(H2,37,39,45). The van der Waals surface area contributed by atoms with Crippen molar-refractivity contribution in [2.24, 2.45) is 4.99 Å². The summed E-state index contributed by atoms with van der Waals surface area (Å²) in [6.07, 6.45) is 2.68. The SMILES string of the molecule is CC(C)(C)OC(=O)N1CCN(C(=O)c2cccc(N=c3cc(Nc4cccc(Cl)c4)nc4c(=Cc5[nH]c(=O)[nH]c5O)cnn34)c2)CC1. The number of anilines is 2. The zero-order valence-electron chi connectivity index (χ0n) is 25.8. The molecule has 2 amide bonds. The highest BCUT2D eigenvalue weighted by atomic mass is 35.5. The Kier molecular flexibility index (Phi) is 8.43. The Morgan fingerprint density at radius 2 is 1.79 bits per heavy atom. The molecule has 3 aromatic heterocycles. The summed E-state index contributed by atoms with van der Waals surface area (Å²) in [5.74, 6) is -0.0684. The van der Waals surface area contributed by atoms with Gasteiger partial charge in [0.2, 0.25) is 5.88 Å². The molecular weight excluding hydrogens is 626 g/mol. The fourth-order valence-electron chi connectivity index (χ4n) is 5.01. The molecule has 1 aliphatic heterocycles. The molecule has 242 valence electrons. The zero-order chi connectivity index (χ0) is 33.3. The van der Waals surface area contributed by atoms with E-state index in [0.29, 0.717) is 70.3 Å². The number of imidazole rings is 1. The highest BCUT2D eigenvalue weighted by Crippen LogP contribution is 2.20. The van der Waals surface area contributed by atoms with Gasteiger partial charge in [0.05, 0.1) is 11.9 Å². The van der Waals surface area contributed by atoms with Gasteiger partial charge in [-0.15, -0.1) is 0 Å². The third-order valence-corrected chi connectivity index (χ3v) is 7.40. The summed E-state index contributed by atoms with van der Waals surface area (Å²) >= 11 is 6.19. The zero-order valence-corrected chi connectivity index (χ0v) is 26.6. The summed E-state index contributed by atoms with van der Waals surface area (Å²) in [5.41, 5.74) is 1.42. The molecule has 0 bridgehead atoms. The van der Waals surface area contributed by atoms with Crippen LogP contribution in [-0.4, -0.2) is 83.3 Å². The lowest BCUT2D eigenvalue weighted by molar-refractivity contribution is 0.0141. The van der Waals surface area contributed by atoms with Gasteiger partial charge in [-0.3, -0.25) is 9.78 Å². The van der Waals surface area contributed by atoms with Crippen LogP contribution < -0.4 is 21.7 Å². The number of benzene rings is 2. The molecule has 14 nitrogen and oxygen atoms in total. The molecule has 1 saturated heterocycles. The number of fused-ring (bicyclic) bond motifs is 1. The molecule has 5 aromatic rings. The number of hydrogen-bond donors (Lipinski definition) is 4. The number of amides is 2. The van der Waals surface area contributed by atoms with Gasteiger partial charge in [-0.05, 0) is 63.2 Å². The number of carbonyl (C=O) groups is 2. The summed E-state index contributed by atoms with van der Waals surface area (Å²) in [6.45, 7) is 6.94. The fraction of sp³-hybridized carbons (Fsp3) is 0.250. The minimum absolute atomic E-state index is 0.163. The van der Waals surface area contributed by atoms with Crippen LogP contribution in [0.15, 0.2) is 70.6 Å². The molecule has 15 heteroatoms. The Morgan fingerprint density at radius 1 is 1.04 bits per heavy atom. The van der Waals surface area contributed by atoms with E-state index in [1.807, 2.05) is 26.8 Å². The number of aromatic hydroxyl groups is 1. The number of aromatic amines is 2. The van der Waals surface area contributed by atoms with E-state index < -0.39 is 17.4 Å². The van der Waals surface area contributed by atoms with Gasteiger partial charge in [-0.1, -0.05) is 23.7 Å². The molecule has 0 unspecified atom stereocenters. The van der Waals surface area contributed by atoms with E-state index in [9.17, 15) is 19.5 Å². The van der Waals surface area contributed by atoms with Gasteiger partial charge in [0.15, 0.2) is 11.1 Å². The number of ether oxygens (including phenoxy) is 1. The third kappa shape index (κ3) is 7.28. The smallest absolute Gasteiger partial charge is 0.410 e. The lowest BCUT2D eigenvalue weighted by Crippen LogP contribution is -2.51. The van der Waals surface area contributed by atoms with E-state index in [2.05, 4.69) is 20.4 Å². The van der Waals surface area contributed by atoms with Crippen LogP contribution in [0.2, 0.25) is 5.02 Å². The van der Waals surface area contributed by atoms with Crippen LogP contribution in [0.5, 0.6) is 5.88 Å². The Morgan fingerprint density at radius 3 is 2.49 bits per heavy atom. The molecule has 1 aliphatic rings. The monoisotopic (exact) mass is 657 g/mol. The van der Waals surface area contributed by atoms with Crippen molar-refractivity contribution in [3.63, 3.8) is 0 Å². The number of aromatic nitrogens is 5. The second-order valence-corrected chi connectivity index (χ2v) is 12.3. The molecule has 4 heterocycles. The number of nitrogens with one attached hydrogen (secondary N) is 3. The van der Waals surface area contributed by atoms with Gasteiger partial charge < -0.3 is 29.9 Å². The number of carbonyl (C=O) groups excluding carboxylic acids is 2. The average molecular weight is 658 g/mol. The molecular formula is C32H32ClN9O5. The van der Waals surface area contributed by atoms with Gasteiger partial charge in [0.1, 0.15) is 17.1 Å². The summed E-state index contributed by atoms with van der Waals surface area (Å²) in [5, 5.41) is 18.8. The molecule has 6 rings (SSSR count). The normalized spacial score (nSPS) is 14.6. The maximum absolute atomic E-state index is 13.5. The van der Waals surface area contributed by atoms with E-state index in [0.717, 1.165) is 0 Å². The largest absolute Gasteiger partial charge is 0.493 e. The van der Waals surface area contributed by atoms with Gasteiger partial charge in [0, 0.05) is 53.7 Å². The fourth-order valence-corrected chi connectivity index (χ4v) is 5.20. The van der Waals surface area contributed by atoms with Crippen molar-refractivity contribution >= 4 is 52.5 Å². The topological polar surface area (TPSA) is 173 Å². The Hall–Kier alpha value is -5.63. The Bertz CT molecular complexity index is 2160. The molecule has 0 spiro atoms.